The molecule has 1 aromatic carbocycles. The first kappa shape index (κ1) is 14.2. The monoisotopic (exact) mass is 235 g/mol. The van der Waals surface area contributed by atoms with Crippen molar-refractivity contribution in [1.82, 2.24) is 5.48 Å². The Morgan fingerprint density at radius 2 is 1.82 bits per heavy atom. The molecule has 96 valence electrons. The Morgan fingerprint density at radius 1 is 1.12 bits per heavy atom. The lowest BCUT2D eigenvalue weighted by atomic mass is 9.98. The van der Waals surface area contributed by atoms with Crippen LogP contribution in [0.2, 0.25) is 0 Å². The zero-order valence-corrected chi connectivity index (χ0v) is 11.3. The van der Waals surface area contributed by atoms with Crippen molar-refractivity contribution in [3.63, 3.8) is 0 Å². The molecule has 0 saturated heterocycles. The van der Waals surface area contributed by atoms with Gasteiger partial charge in [0.05, 0.1) is 6.61 Å². The molecule has 0 aliphatic rings. The molecule has 0 amide bonds. The average Bonchev–Trinajstić information content (AvgIpc) is 2.38. The van der Waals surface area contributed by atoms with Crippen molar-refractivity contribution in [2.45, 2.75) is 52.7 Å². The summed E-state index contributed by atoms with van der Waals surface area (Å²) < 4.78 is 0. The quantitative estimate of drug-likeness (QED) is 0.689. The van der Waals surface area contributed by atoms with E-state index in [1.165, 1.54) is 18.4 Å². The van der Waals surface area contributed by atoms with Crippen LogP contribution in [0, 0.1) is 5.92 Å². The first-order valence-corrected chi connectivity index (χ1v) is 6.67. The third-order valence-electron chi connectivity index (χ3n) is 3.21. The molecule has 17 heavy (non-hydrogen) atoms. The van der Waals surface area contributed by atoms with Crippen molar-refractivity contribution in [1.29, 1.82) is 0 Å². The summed E-state index contributed by atoms with van der Waals surface area (Å²) in [5, 5.41) is 0. The standard InChI is InChI=1S/C15H25NO/c1-4-13(3)11-15(5-2)16-17-12-14-9-7-6-8-10-14/h6-10,13,15-16H,4-5,11-12H2,1-3H3. The summed E-state index contributed by atoms with van der Waals surface area (Å²) in [6.07, 6.45) is 3.53. The van der Waals surface area contributed by atoms with E-state index in [0.29, 0.717) is 12.6 Å². The Bertz CT molecular complexity index is 286. The van der Waals surface area contributed by atoms with E-state index in [4.69, 9.17) is 4.84 Å². The lowest BCUT2D eigenvalue weighted by molar-refractivity contribution is -0.00237. The van der Waals surface area contributed by atoms with E-state index < -0.39 is 0 Å². The Kier molecular flexibility index (Phi) is 6.90. The fraction of sp³-hybridized carbons (Fsp3) is 0.600. The van der Waals surface area contributed by atoms with Crippen LogP contribution in [0.1, 0.15) is 45.6 Å². The maximum Gasteiger partial charge on any atom is 0.0933 e. The highest BCUT2D eigenvalue weighted by Gasteiger charge is 2.09. The van der Waals surface area contributed by atoms with Gasteiger partial charge in [-0.25, -0.2) is 0 Å². The Hall–Kier alpha value is -0.860. The fourth-order valence-electron chi connectivity index (χ4n) is 1.77. The first-order valence-electron chi connectivity index (χ1n) is 6.67. The zero-order chi connectivity index (χ0) is 12.5. The smallest absolute Gasteiger partial charge is 0.0933 e. The van der Waals surface area contributed by atoms with Crippen molar-refractivity contribution in [3.8, 4) is 0 Å². The minimum Gasteiger partial charge on any atom is -0.297 e. The number of hydroxylamine groups is 1. The van der Waals surface area contributed by atoms with Crippen molar-refractivity contribution < 1.29 is 4.84 Å². The molecule has 0 spiro atoms. The zero-order valence-electron chi connectivity index (χ0n) is 11.3. The van der Waals surface area contributed by atoms with Crippen LogP contribution in [-0.2, 0) is 11.4 Å². The van der Waals surface area contributed by atoms with Gasteiger partial charge in [-0.15, -0.1) is 0 Å². The third kappa shape index (κ3) is 5.85. The molecule has 0 heterocycles. The second kappa shape index (κ2) is 8.26. The van der Waals surface area contributed by atoms with Gasteiger partial charge >= 0.3 is 0 Å². The van der Waals surface area contributed by atoms with E-state index in [9.17, 15) is 0 Å². The van der Waals surface area contributed by atoms with Crippen LogP contribution in [0.3, 0.4) is 0 Å². The molecule has 0 aliphatic heterocycles. The van der Waals surface area contributed by atoms with Crippen LogP contribution in [-0.4, -0.2) is 6.04 Å². The molecular formula is C15H25NO. The average molecular weight is 235 g/mol. The van der Waals surface area contributed by atoms with Gasteiger partial charge in [0.2, 0.25) is 0 Å². The molecule has 1 rings (SSSR count). The van der Waals surface area contributed by atoms with E-state index in [1.807, 2.05) is 18.2 Å². The Labute approximate surface area is 105 Å². The summed E-state index contributed by atoms with van der Waals surface area (Å²) in [4.78, 5) is 5.57. The van der Waals surface area contributed by atoms with Crippen molar-refractivity contribution in [2.75, 3.05) is 0 Å². The van der Waals surface area contributed by atoms with Crippen molar-refractivity contribution >= 4 is 0 Å². The number of hydrogen-bond acceptors (Lipinski definition) is 2. The Balaban J connectivity index is 2.24. The molecule has 2 unspecified atom stereocenters. The molecule has 0 bridgehead atoms. The van der Waals surface area contributed by atoms with Crippen molar-refractivity contribution in [2.24, 2.45) is 5.92 Å². The highest BCUT2D eigenvalue weighted by atomic mass is 16.6. The summed E-state index contributed by atoms with van der Waals surface area (Å²) in [6, 6.07) is 10.7. The maximum absolute atomic E-state index is 5.57. The topological polar surface area (TPSA) is 21.3 Å². The van der Waals surface area contributed by atoms with Gasteiger partial charge in [-0.2, -0.15) is 5.48 Å². The molecule has 0 aromatic heterocycles. The highest BCUT2D eigenvalue weighted by molar-refractivity contribution is 5.13. The Morgan fingerprint density at radius 3 is 2.41 bits per heavy atom. The highest BCUT2D eigenvalue weighted by Crippen LogP contribution is 2.12. The van der Waals surface area contributed by atoms with Gasteiger partial charge in [-0.3, -0.25) is 4.84 Å². The molecule has 2 heteroatoms. The number of nitrogens with one attached hydrogen (secondary N) is 1. The van der Waals surface area contributed by atoms with E-state index in [2.05, 4.69) is 38.4 Å². The van der Waals surface area contributed by atoms with Gasteiger partial charge in [0, 0.05) is 6.04 Å². The summed E-state index contributed by atoms with van der Waals surface area (Å²) in [7, 11) is 0. The van der Waals surface area contributed by atoms with Gasteiger partial charge < -0.3 is 0 Å². The van der Waals surface area contributed by atoms with E-state index >= 15 is 0 Å². The normalized spacial score (nSPS) is 14.5. The summed E-state index contributed by atoms with van der Waals surface area (Å²) in [6.45, 7) is 7.37. The van der Waals surface area contributed by atoms with Crippen LogP contribution >= 0.6 is 0 Å². The number of hydrogen-bond donors (Lipinski definition) is 1. The van der Waals surface area contributed by atoms with Crippen LogP contribution in [0.15, 0.2) is 30.3 Å². The SMILES string of the molecule is CCC(C)CC(CC)NOCc1ccccc1. The molecule has 0 aliphatic carbocycles. The van der Waals surface area contributed by atoms with Gasteiger partial charge in [-0.05, 0) is 24.3 Å². The summed E-state index contributed by atoms with van der Waals surface area (Å²) in [5.74, 6) is 0.757. The molecular weight excluding hydrogens is 210 g/mol. The summed E-state index contributed by atoms with van der Waals surface area (Å²) >= 11 is 0. The van der Waals surface area contributed by atoms with Crippen LogP contribution in [0.25, 0.3) is 0 Å². The lowest BCUT2D eigenvalue weighted by Crippen LogP contribution is -2.30. The molecule has 0 radical (unpaired) electrons. The first-order chi connectivity index (χ1) is 8.26. The fourth-order valence-corrected chi connectivity index (χ4v) is 1.77. The largest absolute Gasteiger partial charge is 0.297 e. The molecule has 1 N–H and O–H groups in total. The number of benzene rings is 1. The van der Waals surface area contributed by atoms with E-state index in [1.54, 1.807) is 0 Å². The van der Waals surface area contributed by atoms with Gasteiger partial charge in [-0.1, -0.05) is 57.5 Å². The van der Waals surface area contributed by atoms with Crippen LogP contribution < -0.4 is 5.48 Å². The van der Waals surface area contributed by atoms with E-state index in [0.717, 1.165) is 12.3 Å². The van der Waals surface area contributed by atoms with Crippen molar-refractivity contribution in [3.05, 3.63) is 35.9 Å². The second-order valence-electron chi connectivity index (χ2n) is 4.75. The predicted molar refractivity (Wildman–Crippen MR) is 72.5 cm³/mol. The minimum atomic E-state index is 0.466. The molecule has 2 nitrogen and oxygen atoms in total. The number of rotatable bonds is 8. The third-order valence-corrected chi connectivity index (χ3v) is 3.21. The van der Waals surface area contributed by atoms with Crippen LogP contribution in [0.4, 0.5) is 0 Å². The van der Waals surface area contributed by atoms with Gasteiger partial charge in [0.1, 0.15) is 0 Å². The van der Waals surface area contributed by atoms with E-state index in [-0.39, 0.29) is 0 Å². The molecule has 1 aromatic rings. The van der Waals surface area contributed by atoms with Gasteiger partial charge in [0.25, 0.3) is 0 Å². The molecule has 2 atom stereocenters. The minimum absolute atomic E-state index is 0.466. The van der Waals surface area contributed by atoms with Gasteiger partial charge in [0.15, 0.2) is 0 Å². The lowest BCUT2D eigenvalue weighted by Gasteiger charge is -2.19. The summed E-state index contributed by atoms with van der Waals surface area (Å²) in [5.41, 5.74) is 4.39. The molecule has 0 saturated carbocycles. The predicted octanol–water partition coefficient (Wildman–Crippen LogP) is 3.92. The maximum atomic E-state index is 5.57. The van der Waals surface area contributed by atoms with Crippen LogP contribution in [0.5, 0.6) is 0 Å². The second-order valence-corrected chi connectivity index (χ2v) is 4.75. The molecule has 0 fully saturated rings.